The van der Waals surface area contributed by atoms with E-state index < -0.39 is 11.7 Å². The van der Waals surface area contributed by atoms with Gasteiger partial charge in [-0.1, -0.05) is 19.8 Å². The maximum absolute atomic E-state index is 11.9. The minimum Gasteiger partial charge on any atom is -0.444 e. The minimum absolute atomic E-state index is 0.0846. The lowest BCUT2D eigenvalue weighted by Gasteiger charge is -2.24. The summed E-state index contributed by atoms with van der Waals surface area (Å²) in [5, 5.41) is 9.62. The van der Waals surface area contributed by atoms with E-state index in [0.29, 0.717) is 6.54 Å². The maximum Gasteiger partial charge on any atom is 0.407 e. The second kappa shape index (κ2) is 12.2. The normalized spacial score (nSPS) is 13.0. The highest BCUT2D eigenvalue weighted by molar-refractivity contribution is 5.80. The summed E-state index contributed by atoms with van der Waals surface area (Å²) in [6, 6.07) is 2.13. The molecule has 1 heterocycles. The Balaban J connectivity index is 2.52. The third kappa shape index (κ3) is 10.1. The molecule has 1 amide bonds. The highest BCUT2D eigenvalue weighted by atomic mass is 16.6. The third-order valence-electron chi connectivity index (χ3n) is 4.19. The first-order valence-corrected chi connectivity index (χ1v) is 10.1. The fourth-order valence-corrected chi connectivity index (χ4v) is 2.68. The number of alkyl carbamates (subject to hydrolysis) is 1. The number of nitrogens with zero attached hydrogens (tertiary/aromatic N) is 2. The molecule has 0 aliphatic carbocycles. The predicted molar refractivity (Wildman–Crippen MR) is 115 cm³/mol. The van der Waals surface area contributed by atoms with Crippen LogP contribution in [0.15, 0.2) is 23.5 Å². The lowest BCUT2D eigenvalue weighted by atomic mass is 10.1. The van der Waals surface area contributed by atoms with Crippen LogP contribution in [0.1, 0.15) is 58.1 Å². The summed E-state index contributed by atoms with van der Waals surface area (Å²) in [6.07, 6.45) is 7.30. The van der Waals surface area contributed by atoms with Gasteiger partial charge in [0.1, 0.15) is 5.60 Å². The van der Waals surface area contributed by atoms with E-state index in [-0.39, 0.29) is 6.04 Å². The van der Waals surface area contributed by atoms with E-state index in [4.69, 9.17) is 4.74 Å². The average molecular weight is 392 g/mol. The van der Waals surface area contributed by atoms with Crippen molar-refractivity contribution in [2.75, 3.05) is 20.1 Å². The van der Waals surface area contributed by atoms with Gasteiger partial charge in [0.25, 0.3) is 0 Å². The van der Waals surface area contributed by atoms with E-state index >= 15 is 0 Å². The number of aromatic nitrogens is 1. The number of hydrogen-bond donors (Lipinski definition) is 3. The Morgan fingerprint density at radius 2 is 2.07 bits per heavy atom. The first kappa shape index (κ1) is 23.7. The van der Waals surface area contributed by atoms with Gasteiger partial charge in [0.15, 0.2) is 5.96 Å². The Labute approximate surface area is 169 Å². The molecule has 0 bridgehead atoms. The van der Waals surface area contributed by atoms with E-state index in [0.717, 1.165) is 38.2 Å². The summed E-state index contributed by atoms with van der Waals surface area (Å²) in [4.78, 5) is 20.4. The highest BCUT2D eigenvalue weighted by Crippen LogP contribution is 2.07. The summed E-state index contributed by atoms with van der Waals surface area (Å²) in [5.41, 5.74) is 1.96. The molecule has 0 saturated heterocycles. The summed E-state index contributed by atoms with van der Waals surface area (Å²) < 4.78 is 5.32. The number of hydrogen-bond acceptors (Lipinski definition) is 4. The van der Waals surface area contributed by atoms with Crippen molar-refractivity contribution in [1.82, 2.24) is 20.9 Å². The smallest absolute Gasteiger partial charge is 0.407 e. The number of amides is 1. The van der Waals surface area contributed by atoms with Crippen LogP contribution in [-0.2, 0) is 11.2 Å². The first-order valence-electron chi connectivity index (χ1n) is 10.1. The summed E-state index contributed by atoms with van der Waals surface area (Å²) >= 11 is 0. The molecule has 0 saturated carbocycles. The van der Waals surface area contributed by atoms with Gasteiger partial charge in [-0.3, -0.25) is 9.98 Å². The molecule has 1 aromatic heterocycles. The minimum atomic E-state index is -0.501. The molecule has 0 aromatic carbocycles. The van der Waals surface area contributed by atoms with Crippen LogP contribution >= 0.6 is 0 Å². The maximum atomic E-state index is 11.9. The molecule has 1 unspecified atom stereocenters. The van der Waals surface area contributed by atoms with Crippen molar-refractivity contribution in [2.45, 2.75) is 71.9 Å². The molecule has 0 aliphatic rings. The summed E-state index contributed by atoms with van der Waals surface area (Å²) in [5.74, 6) is 0.735. The van der Waals surface area contributed by atoms with Crippen molar-refractivity contribution in [3.63, 3.8) is 0 Å². The van der Waals surface area contributed by atoms with Gasteiger partial charge < -0.3 is 20.7 Å². The van der Waals surface area contributed by atoms with Crippen LogP contribution in [0.25, 0.3) is 0 Å². The standard InChI is InChI=1S/C21H37N5O2/c1-7-8-9-18(15-25-20(27)28-21(3,4)5)26-19(22-6)24-13-11-17-10-12-23-14-16(17)2/h10,12,14,18H,7-9,11,13,15H2,1-6H3,(H,25,27)(H2,22,24,26). The molecule has 1 aromatic rings. The van der Waals surface area contributed by atoms with Crippen LogP contribution < -0.4 is 16.0 Å². The van der Waals surface area contributed by atoms with Crippen molar-refractivity contribution >= 4 is 12.1 Å². The highest BCUT2D eigenvalue weighted by Gasteiger charge is 2.18. The Kier molecular flexibility index (Phi) is 10.3. The van der Waals surface area contributed by atoms with Crippen molar-refractivity contribution in [3.8, 4) is 0 Å². The van der Waals surface area contributed by atoms with Gasteiger partial charge in [0.05, 0.1) is 0 Å². The van der Waals surface area contributed by atoms with Gasteiger partial charge in [-0.2, -0.15) is 0 Å². The molecule has 0 radical (unpaired) electrons. The molecule has 158 valence electrons. The number of nitrogens with one attached hydrogen (secondary N) is 3. The van der Waals surface area contributed by atoms with Crippen LogP contribution in [0.5, 0.6) is 0 Å². The number of guanidine groups is 1. The molecular formula is C21H37N5O2. The molecule has 1 rings (SSSR count). The largest absolute Gasteiger partial charge is 0.444 e. The van der Waals surface area contributed by atoms with Crippen LogP contribution in [0.2, 0.25) is 0 Å². The van der Waals surface area contributed by atoms with E-state index in [1.807, 2.05) is 39.2 Å². The number of carbonyl (C=O) groups excluding carboxylic acids is 1. The fraction of sp³-hybridized carbons (Fsp3) is 0.667. The molecule has 1 atom stereocenters. The Bertz CT molecular complexity index is 625. The Hall–Kier alpha value is -2.31. The number of unbranched alkanes of at least 4 members (excludes halogenated alkanes) is 1. The quantitative estimate of drug-likeness (QED) is 0.444. The first-order chi connectivity index (χ1) is 13.2. The second-order valence-electron chi connectivity index (χ2n) is 7.92. The molecule has 0 fully saturated rings. The number of aryl methyl sites for hydroxylation is 1. The molecular weight excluding hydrogens is 354 g/mol. The lowest BCUT2D eigenvalue weighted by molar-refractivity contribution is 0.0523. The Morgan fingerprint density at radius 1 is 1.32 bits per heavy atom. The van der Waals surface area contributed by atoms with Crippen molar-refractivity contribution < 1.29 is 9.53 Å². The molecule has 7 nitrogen and oxygen atoms in total. The van der Waals surface area contributed by atoms with E-state index in [1.54, 1.807) is 7.05 Å². The molecule has 0 spiro atoms. The molecule has 7 heteroatoms. The van der Waals surface area contributed by atoms with Crippen LogP contribution in [0.3, 0.4) is 0 Å². The van der Waals surface area contributed by atoms with Gasteiger partial charge >= 0.3 is 6.09 Å². The van der Waals surface area contributed by atoms with E-state index in [1.165, 1.54) is 11.1 Å². The van der Waals surface area contributed by atoms with Crippen molar-refractivity contribution in [3.05, 3.63) is 29.6 Å². The zero-order valence-electron chi connectivity index (χ0n) is 18.3. The zero-order valence-corrected chi connectivity index (χ0v) is 18.3. The van der Waals surface area contributed by atoms with E-state index in [2.05, 4.69) is 39.8 Å². The average Bonchev–Trinajstić information content (AvgIpc) is 2.62. The van der Waals surface area contributed by atoms with Gasteiger partial charge in [-0.15, -0.1) is 0 Å². The van der Waals surface area contributed by atoms with Gasteiger partial charge in [-0.05, 0) is 57.7 Å². The molecule has 0 aliphatic heterocycles. The predicted octanol–water partition coefficient (Wildman–Crippen LogP) is 3.18. The molecule has 28 heavy (non-hydrogen) atoms. The topological polar surface area (TPSA) is 87.6 Å². The fourth-order valence-electron chi connectivity index (χ4n) is 2.68. The monoisotopic (exact) mass is 391 g/mol. The number of ether oxygens (including phenoxy) is 1. The SMILES string of the molecule is CCCCC(CNC(=O)OC(C)(C)C)NC(=NC)NCCc1ccncc1C. The second-order valence-corrected chi connectivity index (χ2v) is 7.92. The number of carbonyl (C=O) groups is 1. The zero-order chi connectivity index (χ0) is 21.0. The number of pyridine rings is 1. The van der Waals surface area contributed by atoms with E-state index in [9.17, 15) is 4.79 Å². The number of rotatable bonds is 9. The van der Waals surface area contributed by atoms with Gasteiger partial charge in [0, 0.05) is 38.6 Å². The van der Waals surface area contributed by atoms with Crippen LogP contribution in [0.4, 0.5) is 4.79 Å². The van der Waals surface area contributed by atoms with Crippen LogP contribution in [-0.4, -0.2) is 48.8 Å². The van der Waals surface area contributed by atoms with Gasteiger partial charge in [0.2, 0.25) is 0 Å². The third-order valence-corrected chi connectivity index (χ3v) is 4.19. The summed E-state index contributed by atoms with van der Waals surface area (Å²) in [6.45, 7) is 11.0. The lowest BCUT2D eigenvalue weighted by Crippen LogP contribution is -2.49. The van der Waals surface area contributed by atoms with Crippen molar-refractivity contribution in [2.24, 2.45) is 4.99 Å². The molecule has 3 N–H and O–H groups in total. The van der Waals surface area contributed by atoms with Gasteiger partial charge in [-0.25, -0.2) is 4.79 Å². The summed E-state index contributed by atoms with van der Waals surface area (Å²) in [7, 11) is 1.76. The number of aliphatic imine (C=N–C) groups is 1. The Morgan fingerprint density at radius 3 is 2.68 bits per heavy atom. The van der Waals surface area contributed by atoms with Crippen LogP contribution in [0, 0.1) is 6.92 Å². The van der Waals surface area contributed by atoms with Crippen molar-refractivity contribution in [1.29, 1.82) is 0 Å².